The molecule has 0 saturated carbocycles. The average Bonchev–Trinajstić information content (AvgIpc) is 2.10. The Labute approximate surface area is 130 Å². The standard InChI is InChI=1S/C16H32N2OS/c1-12(2)10-14(19)18(9-8-13(17)20)16(6,7)11-15(3,4)5/h12H,8-11H2,1-7H3,(H2,17,20). The third kappa shape index (κ3) is 7.83. The van der Waals surface area contributed by atoms with Gasteiger partial charge in [0.15, 0.2) is 0 Å². The van der Waals surface area contributed by atoms with E-state index in [0.717, 1.165) is 6.42 Å². The molecule has 0 unspecified atom stereocenters. The maximum absolute atomic E-state index is 12.5. The molecule has 3 nitrogen and oxygen atoms in total. The van der Waals surface area contributed by atoms with Gasteiger partial charge in [-0.15, -0.1) is 0 Å². The Hall–Kier alpha value is -0.640. The fourth-order valence-corrected chi connectivity index (χ4v) is 2.93. The minimum atomic E-state index is -0.186. The first-order valence-corrected chi connectivity index (χ1v) is 7.85. The number of carbonyl (C=O) groups is 1. The van der Waals surface area contributed by atoms with E-state index in [0.29, 0.717) is 30.3 Å². The van der Waals surface area contributed by atoms with Gasteiger partial charge in [0.25, 0.3) is 0 Å². The van der Waals surface area contributed by atoms with Gasteiger partial charge in [-0.3, -0.25) is 4.79 Å². The van der Waals surface area contributed by atoms with Crippen molar-refractivity contribution in [3.63, 3.8) is 0 Å². The number of hydrogen-bond donors (Lipinski definition) is 1. The van der Waals surface area contributed by atoms with Crippen molar-refractivity contribution >= 4 is 23.1 Å². The number of hydrogen-bond acceptors (Lipinski definition) is 2. The second-order valence-corrected chi connectivity index (χ2v) is 8.43. The molecule has 0 spiro atoms. The van der Waals surface area contributed by atoms with E-state index in [-0.39, 0.29) is 16.9 Å². The lowest BCUT2D eigenvalue weighted by atomic mass is 9.80. The molecule has 0 aliphatic carbocycles. The van der Waals surface area contributed by atoms with Gasteiger partial charge >= 0.3 is 0 Å². The van der Waals surface area contributed by atoms with Crippen LogP contribution in [0.3, 0.4) is 0 Å². The summed E-state index contributed by atoms with van der Waals surface area (Å²) in [5.74, 6) is 0.561. The molecule has 0 radical (unpaired) electrons. The number of thiocarbonyl (C=S) groups is 1. The zero-order chi connectivity index (χ0) is 16.1. The first kappa shape index (κ1) is 19.4. The SMILES string of the molecule is CC(C)CC(=O)N(CCC(N)=S)C(C)(C)CC(C)(C)C. The first-order valence-electron chi connectivity index (χ1n) is 7.44. The molecule has 0 aromatic rings. The molecule has 0 rings (SSSR count). The molecule has 0 atom stereocenters. The van der Waals surface area contributed by atoms with E-state index in [9.17, 15) is 4.79 Å². The van der Waals surface area contributed by atoms with E-state index < -0.39 is 0 Å². The Morgan fingerprint density at radius 3 is 2.05 bits per heavy atom. The van der Waals surface area contributed by atoms with E-state index in [1.165, 1.54) is 0 Å². The predicted octanol–water partition coefficient (Wildman–Crippen LogP) is 3.75. The van der Waals surface area contributed by atoms with Crippen molar-refractivity contribution < 1.29 is 4.79 Å². The summed E-state index contributed by atoms with van der Waals surface area (Å²) in [6.45, 7) is 15.6. The Balaban J connectivity index is 5.07. The normalized spacial score (nSPS) is 12.6. The molecular weight excluding hydrogens is 268 g/mol. The molecule has 20 heavy (non-hydrogen) atoms. The zero-order valence-corrected chi connectivity index (χ0v) is 15.1. The zero-order valence-electron chi connectivity index (χ0n) is 14.2. The summed E-state index contributed by atoms with van der Waals surface area (Å²) in [4.78, 5) is 15.0. The summed E-state index contributed by atoms with van der Waals surface area (Å²) in [6, 6.07) is 0. The highest BCUT2D eigenvalue weighted by molar-refractivity contribution is 7.80. The van der Waals surface area contributed by atoms with Crippen LogP contribution in [-0.4, -0.2) is 27.9 Å². The highest BCUT2D eigenvalue weighted by Gasteiger charge is 2.34. The van der Waals surface area contributed by atoms with Crippen molar-refractivity contribution in [3.05, 3.63) is 0 Å². The molecule has 2 N–H and O–H groups in total. The molecule has 0 fully saturated rings. The number of nitrogens with zero attached hydrogens (tertiary/aromatic N) is 1. The van der Waals surface area contributed by atoms with Gasteiger partial charge in [0.05, 0.1) is 4.99 Å². The van der Waals surface area contributed by atoms with Gasteiger partial charge in [-0.2, -0.15) is 0 Å². The molecule has 0 saturated heterocycles. The van der Waals surface area contributed by atoms with Crippen molar-refractivity contribution in [2.75, 3.05) is 6.54 Å². The molecule has 118 valence electrons. The lowest BCUT2D eigenvalue weighted by Gasteiger charge is -2.43. The maximum atomic E-state index is 12.5. The topological polar surface area (TPSA) is 46.3 Å². The Morgan fingerprint density at radius 1 is 1.20 bits per heavy atom. The number of nitrogens with two attached hydrogens (primary N) is 1. The number of rotatable bonds is 7. The molecule has 0 heterocycles. The fraction of sp³-hybridized carbons (Fsp3) is 0.875. The first-order chi connectivity index (χ1) is 8.85. The molecule has 1 amide bonds. The van der Waals surface area contributed by atoms with Gasteiger partial charge < -0.3 is 10.6 Å². The molecule has 0 aromatic carbocycles. The van der Waals surface area contributed by atoms with Crippen LogP contribution in [-0.2, 0) is 4.79 Å². The van der Waals surface area contributed by atoms with E-state index in [1.54, 1.807) is 0 Å². The van der Waals surface area contributed by atoms with Crippen LogP contribution in [0.4, 0.5) is 0 Å². The third-order valence-corrected chi connectivity index (χ3v) is 3.36. The summed E-state index contributed by atoms with van der Waals surface area (Å²) < 4.78 is 0. The van der Waals surface area contributed by atoms with Crippen molar-refractivity contribution in [2.24, 2.45) is 17.1 Å². The summed E-state index contributed by atoms with van der Waals surface area (Å²) in [7, 11) is 0. The van der Waals surface area contributed by atoms with E-state index in [4.69, 9.17) is 18.0 Å². The monoisotopic (exact) mass is 300 g/mol. The van der Waals surface area contributed by atoms with Crippen LogP contribution in [0.2, 0.25) is 0 Å². The fourth-order valence-electron chi connectivity index (χ4n) is 2.84. The van der Waals surface area contributed by atoms with Crippen LogP contribution < -0.4 is 5.73 Å². The molecule has 4 heteroatoms. The van der Waals surface area contributed by atoms with Gasteiger partial charge in [-0.25, -0.2) is 0 Å². The van der Waals surface area contributed by atoms with Crippen molar-refractivity contribution in [3.8, 4) is 0 Å². The van der Waals surface area contributed by atoms with Gasteiger partial charge in [0, 0.05) is 24.9 Å². The largest absolute Gasteiger partial charge is 0.393 e. The average molecular weight is 301 g/mol. The molecule has 0 aliphatic rings. The van der Waals surface area contributed by atoms with Gasteiger partial charge in [-0.1, -0.05) is 46.8 Å². The summed E-state index contributed by atoms with van der Waals surface area (Å²) in [6.07, 6.45) is 2.11. The van der Waals surface area contributed by atoms with Gasteiger partial charge in [0.1, 0.15) is 0 Å². The minimum absolute atomic E-state index is 0.170. The van der Waals surface area contributed by atoms with Gasteiger partial charge in [0.2, 0.25) is 5.91 Å². The smallest absolute Gasteiger partial charge is 0.223 e. The van der Waals surface area contributed by atoms with Crippen molar-refractivity contribution in [1.29, 1.82) is 0 Å². The quantitative estimate of drug-likeness (QED) is 0.728. The predicted molar refractivity (Wildman–Crippen MR) is 90.7 cm³/mol. The molecule has 0 bridgehead atoms. The van der Waals surface area contributed by atoms with E-state index in [1.807, 2.05) is 4.90 Å². The summed E-state index contributed by atoms with van der Waals surface area (Å²) in [5.41, 5.74) is 5.59. The lowest BCUT2D eigenvalue weighted by molar-refractivity contribution is -0.138. The van der Waals surface area contributed by atoms with Crippen molar-refractivity contribution in [1.82, 2.24) is 4.90 Å². The second-order valence-electron chi connectivity index (χ2n) is 7.91. The highest BCUT2D eigenvalue weighted by atomic mass is 32.1. The van der Waals surface area contributed by atoms with Crippen LogP contribution in [0.25, 0.3) is 0 Å². The summed E-state index contributed by atoms with van der Waals surface area (Å²) in [5, 5.41) is 0. The van der Waals surface area contributed by atoms with Crippen LogP contribution in [0.5, 0.6) is 0 Å². The number of carbonyl (C=O) groups excluding carboxylic acids is 1. The Morgan fingerprint density at radius 2 is 1.70 bits per heavy atom. The van der Waals surface area contributed by atoms with Crippen LogP contribution in [0, 0.1) is 11.3 Å². The van der Waals surface area contributed by atoms with E-state index in [2.05, 4.69) is 48.5 Å². The van der Waals surface area contributed by atoms with Crippen LogP contribution in [0.1, 0.15) is 67.7 Å². The molecular formula is C16H32N2OS. The number of amides is 1. The minimum Gasteiger partial charge on any atom is -0.393 e. The second kappa shape index (κ2) is 7.39. The van der Waals surface area contributed by atoms with E-state index >= 15 is 0 Å². The molecule has 0 aromatic heterocycles. The maximum Gasteiger partial charge on any atom is 0.223 e. The van der Waals surface area contributed by atoms with Crippen molar-refractivity contribution in [2.45, 2.75) is 73.3 Å². The third-order valence-electron chi connectivity index (χ3n) is 3.16. The lowest BCUT2D eigenvalue weighted by Crippen LogP contribution is -2.50. The van der Waals surface area contributed by atoms with Crippen LogP contribution >= 0.6 is 12.2 Å². The van der Waals surface area contributed by atoms with Crippen LogP contribution in [0.15, 0.2) is 0 Å². The Kier molecular flexibility index (Phi) is 7.16. The highest BCUT2D eigenvalue weighted by Crippen LogP contribution is 2.32. The summed E-state index contributed by atoms with van der Waals surface area (Å²) >= 11 is 4.96. The Bertz CT molecular complexity index is 343. The van der Waals surface area contributed by atoms with Gasteiger partial charge in [-0.05, 0) is 31.6 Å². The molecule has 0 aliphatic heterocycles.